The fourth-order valence-corrected chi connectivity index (χ4v) is 4.14. The van der Waals surface area contributed by atoms with E-state index < -0.39 is 0 Å². The summed E-state index contributed by atoms with van der Waals surface area (Å²) in [6.07, 6.45) is 14.8. The average Bonchev–Trinajstić information content (AvgIpc) is 2.83. The maximum Gasteiger partial charge on any atom is 2.00 e. The molecule has 0 heterocycles. The van der Waals surface area contributed by atoms with Crippen LogP contribution in [0.2, 0.25) is 0 Å². The Labute approximate surface area is 226 Å². The fraction of sp³-hybridized carbons (Fsp3) is 0.438. The van der Waals surface area contributed by atoms with Crippen LogP contribution in [-0.2, 0) is 29.3 Å². The average molecular weight is 517 g/mol. The van der Waals surface area contributed by atoms with E-state index >= 15 is 0 Å². The summed E-state index contributed by atoms with van der Waals surface area (Å²) in [5.41, 5.74) is 16.7. The van der Waals surface area contributed by atoms with Gasteiger partial charge in [0.2, 0.25) is 0 Å². The Morgan fingerprint density at radius 1 is 0.771 bits per heavy atom. The van der Waals surface area contributed by atoms with Gasteiger partial charge in [-0.05, 0) is 71.9 Å². The van der Waals surface area contributed by atoms with Crippen molar-refractivity contribution in [1.29, 1.82) is 0 Å². The van der Waals surface area contributed by atoms with Crippen LogP contribution in [0, 0.1) is 14.9 Å². The predicted octanol–water partition coefficient (Wildman–Crippen LogP) is 9.50. The first-order valence-electron chi connectivity index (χ1n) is 12.6. The van der Waals surface area contributed by atoms with E-state index in [2.05, 4.69) is 80.0 Å². The Kier molecular flexibility index (Phi) is 21.1. The zero-order valence-corrected chi connectivity index (χ0v) is 23.7. The molecule has 0 fully saturated rings. The van der Waals surface area contributed by atoms with Crippen LogP contribution in [0.15, 0.2) is 60.2 Å². The van der Waals surface area contributed by atoms with Crippen LogP contribution in [0.25, 0.3) is 11.1 Å². The zero-order chi connectivity index (χ0) is 23.0. The molecule has 0 radical (unpaired) electrons. The zero-order valence-electron chi connectivity index (χ0n) is 22.7. The maximum absolute atomic E-state index is 9.03. The van der Waals surface area contributed by atoms with Crippen molar-refractivity contribution >= 4 is 11.4 Å². The van der Waals surface area contributed by atoms with Gasteiger partial charge in [-0.2, -0.15) is 0 Å². The molecule has 0 amide bonds. The Morgan fingerprint density at radius 3 is 2.06 bits per heavy atom. The molecule has 0 aliphatic rings. The summed E-state index contributed by atoms with van der Waals surface area (Å²) in [5, 5.41) is 0. The van der Waals surface area contributed by atoms with Crippen LogP contribution in [0.3, 0.4) is 0 Å². The van der Waals surface area contributed by atoms with Crippen LogP contribution < -0.4 is 0 Å². The molecule has 2 aromatic carbocycles. The number of hydrogen-bond donors (Lipinski definition) is 0. The van der Waals surface area contributed by atoms with Gasteiger partial charge in [-0.3, -0.25) is 0 Å². The van der Waals surface area contributed by atoms with E-state index in [1.54, 1.807) is 0 Å². The number of rotatable bonds is 14. The largest absolute Gasteiger partial charge is 2.00 e. The second-order valence-corrected chi connectivity index (χ2v) is 8.69. The van der Waals surface area contributed by atoms with Gasteiger partial charge in [0.1, 0.15) is 0 Å². The number of allylic oxidation sites excluding steroid dienone is 2. The van der Waals surface area contributed by atoms with Crippen LogP contribution in [0.1, 0.15) is 101 Å². The first kappa shape index (κ1) is 35.0. The molecule has 0 bridgehead atoms. The first-order valence-corrected chi connectivity index (χ1v) is 12.6. The van der Waals surface area contributed by atoms with Gasteiger partial charge < -0.3 is 20.4 Å². The van der Waals surface area contributed by atoms with Crippen molar-refractivity contribution in [3.63, 3.8) is 0 Å². The van der Waals surface area contributed by atoms with Crippen molar-refractivity contribution in [2.75, 3.05) is 0 Å². The maximum atomic E-state index is 9.03. The second kappa shape index (κ2) is 21.1. The van der Waals surface area contributed by atoms with Crippen molar-refractivity contribution in [3.05, 3.63) is 103 Å². The third-order valence-electron chi connectivity index (χ3n) is 6.01. The molecule has 0 aromatic heterocycles. The van der Waals surface area contributed by atoms with Crippen LogP contribution >= 0.6 is 0 Å². The van der Waals surface area contributed by atoms with Crippen LogP contribution in [-0.4, -0.2) is 10.7 Å². The van der Waals surface area contributed by atoms with E-state index in [9.17, 15) is 0 Å². The monoisotopic (exact) mass is 516 g/mol. The van der Waals surface area contributed by atoms with Gasteiger partial charge in [0.05, 0.1) is 6.08 Å². The minimum atomic E-state index is 0. The molecular weight excluding hydrogens is 471 g/mol. The molecule has 2 rings (SSSR count). The molecule has 194 valence electrons. The molecule has 3 heteroatoms. The van der Waals surface area contributed by atoms with Gasteiger partial charge in [0, 0.05) is 0 Å². The smallest absolute Gasteiger partial charge is 0.358 e. The van der Waals surface area contributed by atoms with Crippen LogP contribution in [0.5, 0.6) is 0 Å². The first-order chi connectivity index (χ1) is 15.7. The second-order valence-electron chi connectivity index (χ2n) is 8.69. The van der Waals surface area contributed by atoms with E-state index in [0.717, 1.165) is 32.1 Å². The number of aryl methyl sites for hydroxylation is 2. The van der Waals surface area contributed by atoms with E-state index in [0.29, 0.717) is 0 Å². The molecule has 2 aromatic rings. The Hall–Kier alpha value is -2.17. The number of nitrogens with zero attached hydrogens (tertiary/aromatic N) is 2. The van der Waals surface area contributed by atoms with Crippen molar-refractivity contribution < 1.29 is 21.3 Å². The summed E-state index contributed by atoms with van der Waals surface area (Å²) in [6.45, 7) is 6.70. The molecule has 0 atom stereocenters. The Morgan fingerprint density at radius 2 is 1.43 bits per heavy atom. The van der Waals surface area contributed by atoms with Crippen molar-refractivity contribution in [3.8, 4) is 0 Å². The molecule has 0 unspecified atom stereocenters. The van der Waals surface area contributed by atoms with Crippen LogP contribution in [0.4, 0.5) is 0 Å². The van der Waals surface area contributed by atoms with Gasteiger partial charge in [0.15, 0.2) is 0 Å². The van der Waals surface area contributed by atoms with E-state index in [-0.39, 0.29) is 31.3 Å². The summed E-state index contributed by atoms with van der Waals surface area (Å²) in [7, 11) is 0. The summed E-state index contributed by atoms with van der Waals surface area (Å²) >= 11 is 0. The molecule has 0 aliphatic carbocycles. The van der Waals surface area contributed by atoms with E-state index in [1.807, 2.05) is 6.08 Å². The van der Waals surface area contributed by atoms with Crippen molar-refractivity contribution in [2.24, 2.45) is 0 Å². The van der Waals surface area contributed by atoms with Crippen molar-refractivity contribution in [2.45, 2.75) is 91.4 Å². The summed E-state index contributed by atoms with van der Waals surface area (Å²) in [5.74, 6) is 2.68. The molecular formula is C32H46N2Ni. The fourth-order valence-electron chi connectivity index (χ4n) is 4.14. The number of hydrogen-bond acceptors (Lipinski definition) is 0. The number of benzene rings is 2. The summed E-state index contributed by atoms with van der Waals surface area (Å²) in [6, 6.07) is 18.0. The Bertz CT molecular complexity index is 930. The third-order valence-corrected chi connectivity index (χ3v) is 6.01. The van der Waals surface area contributed by atoms with Gasteiger partial charge in [-0.15, -0.1) is 4.79 Å². The third kappa shape index (κ3) is 12.4. The van der Waals surface area contributed by atoms with E-state index in [4.69, 9.17) is 5.53 Å². The molecule has 0 N–H and O–H groups in total. The summed E-state index contributed by atoms with van der Waals surface area (Å²) < 4.78 is 0. The van der Waals surface area contributed by atoms with Crippen molar-refractivity contribution in [1.82, 2.24) is 0 Å². The minimum Gasteiger partial charge on any atom is -0.358 e. The van der Waals surface area contributed by atoms with Gasteiger partial charge in [0.25, 0.3) is 5.87 Å². The number of unbranched alkanes of at least 4 members (excludes halogenated alkanes) is 5. The van der Waals surface area contributed by atoms with E-state index in [1.165, 1.54) is 71.9 Å². The Balaban J connectivity index is 0. The molecule has 0 aliphatic heterocycles. The summed E-state index contributed by atoms with van der Waals surface area (Å²) in [4.78, 5) is 3.14. The van der Waals surface area contributed by atoms with Gasteiger partial charge >= 0.3 is 16.5 Å². The molecule has 0 saturated heterocycles. The quantitative estimate of drug-likeness (QED) is 0.0455. The molecule has 35 heavy (non-hydrogen) atoms. The standard InChI is InChI=1S/C30H40N2.2CH3.Ni/c1-4-7-10-11-14-26-15-12-17-29(24-26)30(27(16-9-6-3)22-23-32-31)28-20-18-25(19-21-28)13-8-5-2;;;/h12,15,17-22,24H,4-11,13-14,16H2,1-3H3;2*1H3;/q;2*-1;+2. The van der Waals surface area contributed by atoms with Gasteiger partial charge in [-0.25, -0.2) is 0 Å². The normalized spacial score (nSPS) is 10.5. The predicted molar refractivity (Wildman–Crippen MR) is 151 cm³/mol. The minimum absolute atomic E-state index is 0. The molecule has 0 spiro atoms. The molecule has 2 nitrogen and oxygen atoms in total. The SMILES string of the molecule is CCCCCCc1cccc(C(=C(C=C=[N+]=[N-])CCCC)c2ccc(CCCC)cc2)c1.[CH3-].[CH3-].[Ni+2]. The topological polar surface area (TPSA) is 36.4 Å². The molecule has 0 saturated carbocycles. The van der Waals surface area contributed by atoms with Gasteiger partial charge in [-0.1, -0.05) is 101 Å².